The van der Waals surface area contributed by atoms with Gasteiger partial charge < -0.3 is 19.7 Å². The summed E-state index contributed by atoms with van der Waals surface area (Å²) in [5.74, 6) is -4.42. The first-order valence-corrected chi connectivity index (χ1v) is 6.56. The Hall–Kier alpha value is -1.73. The van der Waals surface area contributed by atoms with E-state index < -0.39 is 35.0 Å². The summed E-state index contributed by atoms with van der Waals surface area (Å²) in [6, 6.07) is 1.32. The average Bonchev–Trinajstić information content (AvgIpc) is 2.42. The summed E-state index contributed by atoms with van der Waals surface area (Å²) >= 11 is 0. The number of unbranched alkanes of at least 4 members (excludes halogenated alkanes) is 1. The maximum absolute atomic E-state index is 13.5. The zero-order valence-electron chi connectivity index (χ0n) is 11.6. The number of carbonyl (C=O) groups is 1. The fraction of sp³-hybridized carbons (Fsp3) is 0.500. The molecule has 0 spiro atoms. The van der Waals surface area contributed by atoms with Crippen molar-refractivity contribution in [1.29, 1.82) is 0 Å². The predicted molar refractivity (Wildman–Crippen MR) is 70.5 cm³/mol. The van der Waals surface area contributed by atoms with Crippen molar-refractivity contribution in [3.05, 3.63) is 29.3 Å². The standard InChI is InChI=1S/C14H18F2O5/c1-2-3-4-20-7-10(17)8-21-13-11(15)5-9(14(18)19)6-12(13)16/h5-6,10,17H,2-4,7-8H2,1H3,(H,18,19). The molecule has 0 bridgehead atoms. The molecule has 5 nitrogen and oxygen atoms in total. The lowest BCUT2D eigenvalue weighted by Crippen LogP contribution is -2.24. The summed E-state index contributed by atoms with van der Waals surface area (Å²) in [7, 11) is 0. The van der Waals surface area contributed by atoms with Crippen LogP contribution in [0.15, 0.2) is 12.1 Å². The summed E-state index contributed by atoms with van der Waals surface area (Å²) in [5, 5.41) is 18.2. The van der Waals surface area contributed by atoms with Crippen LogP contribution in [0.5, 0.6) is 5.75 Å². The molecule has 0 saturated carbocycles. The largest absolute Gasteiger partial charge is 0.485 e. The van der Waals surface area contributed by atoms with Gasteiger partial charge in [-0.05, 0) is 18.6 Å². The van der Waals surface area contributed by atoms with E-state index in [4.69, 9.17) is 14.6 Å². The molecule has 0 amide bonds. The number of aromatic carboxylic acids is 1. The number of hydrogen-bond donors (Lipinski definition) is 2. The average molecular weight is 304 g/mol. The van der Waals surface area contributed by atoms with Crippen molar-refractivity contribution < 1.29 is 33.3 Å². The number of benzene rings is 1. The molecule has 1 atom stereocenters. The van der Waals surface area contributed by atoms with E-state index in [2.05, 4.69) is 0 Å². The molecular weight excluding hydrogens is 286 g/mol. The zero-order chi connectivity index (χ0) is 15.8. The Kier molecular flexibility index (Phi) is 7.04. The number of rotatable bonds is 9. The molecule has 0 aliphatic heterocycles. The van der Waals surface area contributed by atoms with Crippen LogP contribution in [0, 0.1) is 11.6 Å². The summed E-state index contributed by atoms with van der Waals surface area (Å²) in [6.07, 6.45) is 0.784. The van der Waals surface area contributed by atoms with Crippen LogP contribution in [0.1, 0.15) is 30.1 Å². The SMILES string of the molecule is CCCCOCC(O)COc1c(F)cc(C(=O)O)cc1F. The van der Waals surface area contributed by atoms with E-state index in [1.54, 1.807) is 0 Å². The maximum Gasteiger partial charge on any atom is 0.335 e. The van der Waals surface area contributed by atoms with Crippen LogP contribution in [0.25, 0.3) is 0 Å². The number of aliphatic hydroxyl groups excluding tert-OH is 1. The minimum absolute atomic E-state index is 0.00352. The van der Waals surface area contributed by atoms with Gasteiger partial charge in [0.25, 0.3) is 0 Å². The Bertz CT molecular complexity index is 455. The lowest BCUT2D eigenvalue weighted by Gasteiger charge is -2.14. The molecule has 1 aromatic carbocycles. The molecule has 118 valence electrons. The van der Waals surface area contributed by atoms with Crippen LogP contribution in [0.4, 0.5) is 8.78 Å². The number of carboxylic acid groups (broad SMARTS) is 1. The Labute approximate surface area is 121 Å². The van der Waals surface area contributed by atoms with Crippen molar-refractivity contribution in [2.75, 3.05) is 19.8 Å². The smallest absolute Gasteiger partial charge is 0.335 e. The highest BCUT2D eigenvalue weighted by Gasteiger charge is 2.17. The Morgan fingerprint density at radius 2 is 1.90 bits per heavy atom. The van der Waals surface area contributed by atoms with Gasteiger partial charge in [-0.15, -0.1) is 0 Å². The van der Waals surface area contributed by atoms with Crippen LogP contribution >= 0.6 is 0 Å². The fourth-order valence-corrected chi connectivity index (χ4v) is 1.51. The van der Waals surface area contributed by atoms with Gasteiger partial charge in [0.1, 0.15) is 12.7 Å². The van der Waals surface area contributed by atoms with Crippen molar-refractivity contribution in [3.8, 4) is 5.75 Å². The predicted octanol–water partition coefficient (Wildman–Crippen LogP) is 2.22. The van der Waals surface area contributed by atoms with Gasteiger partial charge in [0, 0.05) is 6.61 Å². The second kappa shape index (κ2) is 8.53. The highest BCUT2D eigenvalue weighted by atomic mass is 19.1. The fourth-order valence-electron chi connectivity index (χ4n) is 1.51. The van der Waals surface area contributed by atoms with Gasteiger partial charge in [-0.25, -0.2) is 13.6 Å². The molecule has 2 N–H and O–H groups in total. The molecular formula is C14H18F2O5. The second-order valence-corrected chi connectivity index (χ2v) is 4.47. The second-order valence-electron chi connectivity index (χ2n) is 4.47. The Morgan fingerprint density at radius 3 is 2.43 bits per heavy atom. The molecule has 7 heteroatoms. The number of hydrogen-bond acceptors (Lipinski definition) is 4. The van der Waals surface area contributed by atoms with Gasteiger partial charge in [-0.1, -0.05) is 13.3 Å². The Balaban J connectivity index is 2.53. The maximum atomic E-state index is 13.5. The molecule has 0 aliphatic carbocycles. The van der Waals surface area contributed by atoms with Gasteiger partial charge in [-0.3, -0.25) is 0 Å². The molecule has 0 heterocycles. The molecule has 0 fully saturated rings. The lowest BCUT2D eigenvalue weighted by molar-refractivity contribution is 0.00983. The molecule has 1 aromatic rings. The quantitative estimate of drug-likeness (QED) is 0.684. The van der Waals surface area contributed by atoms with Gasteiger partial charge in [0.15, 0.2) is 17.4 Å². The van der Waals surface area contributed by atoms with Crippen molar-refractivity contribution in [1.82, 2.24) is 0 Å². The van der Waals surface area contributed by atoms with E-state index in [1.807, 2.05) is 6.92 Å². The van der Waals surface area contributed by atoms with Crippen LogP contribution in [-0.4, -0.2) is 42.1 Å². The highest BCUT2D eigenvalue weighted by molar-refractivity contribution is 5.87. The molecule has 21 heavy (non-hydrogen) atoms. The van der Waals surface area contributed by atoms with Crippen molar-refractivity contribution in [2.24, 2.45) is 0 Å². The van der Waals surface area contributed by atoms with Gasteiger partial charge in [0.05, 0.1) is 12.2 Å². The first-order chi connectivity index (χ1) is 9.95. The molecule has 0 aliphatic rings. The minimum Gasteiger partial charge on any atom is -0.485 e. The monoisotopic (exact) mass is 304 g/mol. The molecule has 1 unspecified atom stereocenters. The summed E-state index contributed by atoms with van der Waals surface area (Å²) < 4.78 is 37.1. The van der Waals surface area contributed by atoms with Crippen LogP contribution < -0.4 is 4.74 Å². The Morgan fingerprint density at radius 1 is 1.29 bits per heavy atom. The van der Waals surface area contributed by atoms with E-state index in [0.29, 0.717) is 18.7 Å². The van der Waals surface area contributed by atoms with Crippen molar-refractivity contribution >= 4 is 5.97 Å². The van der Waals surface area contributed by atoms with Crippen LogP contribution in [0.3, 0.4) is 0 Å². The van der Waals surface area contributed by atoms with Crippen LogP contribution in [-0.2, 0) is 4.74 Å². The summed E-state index contributed by atoms with van der Waals surface area (Å²) in [4.78, 5) is 10.6. The first-order valence-electron chi connectivity index (χ1n) is 6.56. The first kappa shape index (κ1) is 17.3. The van der Waals surface area contributed by atoms with E-state index in [9.17, 15) is 18.7 Å². The van der Waals surface area contributed by atoms with E-state index in [1.165, 1.54) is 0 Å². The third-order valence-corrected chi connectivity index (χ3v) is 2.62. The van der Waals surface area contributed by atoms with E-state index in [0.717, 1.165) is 12.8 Å². The number of ether oxygens (including phenoxy) is 2. The van der Waals surface area contributed by atoms with E-state index >= 15 is 0 Å². The third-order valence-electron chi connectivity index (χ3n) is 2.62. The highest BCUT2D eigenvalue weighted by Crippen LogP contribution is 2.23. The number of halogens is 2. The van der Waals surface area contributed by atoms with Crippen molar-refractivity contribution in [3.63, 3.8) is 0 Å². The third kappa shape index (κ3) is 5.65. The lowest BCUT2D eigenvalue weighted by atomic mass is 10.2. The van der Waals surface area contributed by atoms with Crippen molar-refractivity contribution in [2.45, 2.75) is 25.9 Å². The number of carboxylic acids is 1. The number of aliphatic hydroxyl groups is 1. The zero-order valence-corrected chi connectivity index (χ0v) is 11.6. The molecule has 1 rings (SSSR count). The van der Waals surface area contributed by atoms with Crippen LogP contribution in [0.2, 0.25) is 0 Å². The topological polar surface area (TPSA) is 76.0 Å². The van der Waals surface area contributed by atoms with Gasteiger partial charge in [0.2, 0.25) is 0 Å². The molecule has 0 saturated heterocycles. The molecule has 0 aromatic heterocycles. The van der Waals surface area contributed by atoms with Gasteiger partial charge >= 0.3 is 5.97 Å². The minimum atomic E-state index is -1.44. The summed E-state index contributed by atoms with van der Waals surface area (Å²) in [5.41, 5.74) is -0.513. The van der Waals surface area contributed by atoms with Gasteiger partial charge in [-0.2, -0.15) is 0 Å². The van der Waals surface area contributed by atoms with E-state index in [-0.39, 0.29) is 13.2 Å². The summed E-state index contributed by atoms with van der Waals surface area (Å²) in [6.45, 7) is 2.13. The normalized spacial score (nSPS) is 12.2. The molecule has 0 radical (unpaired) electrons.